The Morgan fingerprint density at radius 3 is 2.48 bits per heavy atom. The number of anilines is 1. The van der Waals surface area contributed by atoms with Gasteiger partial charge in [-0.15, -0.1) is 0 Å². The normalized spacial score (nSPS) is 11.9. The van der Waals surface area contributed by atoms with Crippen LogP contribution >= 0.6 is 0 Å². The van der Waals surface area contributed by atoms with E-state index in [1.165, 1.54) is 6.92 Å². The van der Waals surface area contributed by atoms with Crippen molar-refractivity contribution in [3.8, 4) is 11.8 Å². The van der Waals surface area contributed by atoms with E-state index in [1.807, 2.05) is 26.0 Å². The summed E-state index contributed by atoms with van der Waals surface area (Å²) >= 11 is 0. The molecule has 0 bridgehead atoms. The van der Waals surface area contributed by atoms with Gasteiger partial charge in [-0.05, 0) is 62.2 Å². The van der Waals surface area contributed by atoms with Crippen LogP contribution in [0.5, 0.6) is 5.75 Å². The Morgan fingerprint density at radius 2 is 1.90 bits per heavy atom. The molecule has 0 fully saturated rings. The molecule has 2 amide bonds. The molecule has 154 valence electrons. The maximum absolute atomic E-state index is 12.9. The van der Waals surface area contributed by atoms with Gasteiger partial charge in [-0.2, -0.15) is 13.7 Å². The molecule has 0 aromatic heterocycles. The summed E-state index contributed by atoms with van der Waals surface area (Å²) in [5.74, 6) is 0.101. The van der Waals surface area contributed by atoms with Crippen molar-refractivity contribution in [1.29, 1.82) is 5.26 Å². The molecule has 0 spiro atoms. The van der Waals surface area contributed by atoms with E-state index in [4.69, 9.17) is 9.44 Å². The third-order valence-corrected chi connectivity index (χ3v) is 5.63. The molecule has 0 aliphatic carbocycles. The van der Waals surface area contributed by atoms with Gasteiger partial charge in [0.15, 0.2) is 0 Å². The van der Waals surface area contributed by atoms with E-state index in [9.17, 15) is 13.2 Å². The molecule has 1 N–H and O–H groups in total. The minimum Gasteiger partial charge on any atom is -0.382 e. The van der Waals surface area contributed by atoms with Crippen molar-refractivity contribution >= 4 is 21.8 Å². The Bertz CT molecular complexity index is 982. The van der Waals surface area contributed by atoms with E-state index in [2.05, 4.69) is 5.32 Å². The number of nitrogens with one attached hydrogen (secondary N) is 1. The number of carbonyl (C=O) groups is 1. The number of carbonyl (C=O) groups excluding carboxylic acids is 1. The molecule has 0 saturated carbocycles. The molecule has 7 nitrogen and oxygen atoms in total. The second-order valence-corrected chi connectivity index (χ2v) is 8.44. The van der Waals surface area contributed by atoms with Gasteiger partial charge in [0.25, 0.3) is 0 Å². The Labute approximate surface area is 172 Å². The van der Waals surface area contributed by atoms with Gasteiger partial charge < -0.3 is 14.4 Å². The molecular weight excluding hydrogens is 390 g/mol. The first-order chi connectivity index (χ1) is 13.8. The number of urea groups is 1. The molecule has 0 aliphatic heterocycles. The van der Waals surface area contributed by atoms with Crippen LogP contribution in [0.15, 0.2) is 48.5 Å². The lowest BCUT2D eigenvalue weighted by molar-refractivity contribution is 0.187. The molecule has 8 heteroatoms. The average molecular weight is 416 g/mol. The standard InChI is InChI=1S/C21H25N3O4S/c1-4-16(3)24(21(25)23-19-11-9-17(14-22)10-12-19)15-18-7-6-8-20(13-18)28-29(26,27)5-2/h6-13,16H,4-5,15H2,1-3H3,(H,23,25). The zero-order valence-corrected chi connectivity index (χ0v) is 17.6. The van der Waals surface area contributed by atoms with Crippen molar-refractivity contribution in [3.05, 3.63) is 59.7 Å². The highest BCUT2D eigenvalue weighted by Crippen LogP contribution is 2.20. The van der Waals surface area contributed by atoms with Crippen molar-refractivity contribution in [2.45, 2.75) is 39.8 Å². The summed E-state index contributed by atoms with van der Waals surface area (Å²) in [4.78, 5) is 14.5. The summed E-state index contributed by atoms with van der Waals surface area (Å²) in [5, 5.41) is 11.7. The van der Waals surface area contributed by atoms with Crippen LogP contribution < -0.4 is 9.50 Å². The van der Waals surface area contributed by atoms with Crippen LogP contribution in [0.1, 0.15) is 38.3 Å². The summed E-state index contributed by atoms with van der Waals surface area (Å²) in [6.45, 7) is 5.73. The minimum absolute atomic E-state index is 0.0441. The summed E-state index contributed by atoms with van der Waals surface area (Å²) in [7, 11) is -3.62. The maximum atomic E-state index is 12.9. The summed E-state index contributed by atoms with van der Waals surface area (Å²) in [6, 6.07) is 15.0. The van der Waals surface area contributed by atoms with E-state index in [-0.39, 0.29) is 23.6 Å². The van der Waals surface area contributed by atoms with E-state index < -0.39 is 10.1 Å². The third-order valence-electron chi connectivity index (χ3n) is 4.48. The molecule has 0 heterocycles. The fourth-order valence-corrected chi connectivity index (χ4v) is 3.08. The van der Waals surface area contributed by atoms with E-state index >= 15 is 0 Å². The predicted molar refractivity (Wildman–Crippen MR) is 112 cm³/mol. The summed E-state index contributed by atoms with van der Waals surface area (Å²) < 4.78 is 28.5. The molecule has 0 radical (unpaired) electrons. The summed E-state index contributed by atoms with van der Waals surface area (Å²) in [5.41, 5.74) is 1.86. The van der Waals surface area contributed by atoms with Gasteiger partial charge in [-0.1, -0.05) is 19.1 Å². The first-order valence-electron chi connectivity index (χ1n) is 9.36. The van der Waals surface area contributed by atoms with Crippen LogP contribution in [-0.2, 0) is 16.7 Å². The molecule has 2 aromatic carbocycles. The molecule has 0 saturated heterocycles. The van der Waals surface area contributed by atoms with Crippen molar-refractivity contribution in [2.24, 2.45) is 0 Å². The highest BCUT2D eigenvalue weighted by Gasteiger charge is 2.20. The van der Waals surface area contributed by atoms with Gasteiger partial charge in [0, 0.05) is 18.3 Å². The highest BCUT2D eigenvalue weighted by atomic mass is 32.2. The number of rotatable bonds is 8. The largest absolute Gasteiger partial charge is 0.382 e. The van der Waals surface area contributed by atoms with Crippen molar-refractivity contribution in [2.75, 3.05) is 11.1 Å². The van der Waals surface area contributed by atoms with E-state index in [0.717, 1.165) is 12.0 Å². The average Bonchev–Trinajstić information content (AvgIpc) is 2.72. The predicted octanol–water partition coefficient (Wildman–Crippen LogP) is 4.12. The molecule has 0 aliphatic rings. The van der Waals surface area contributed by atoms with Crippen LogP contribution in [-0.4, -0.2) is 31.1 Å². The summed E-state index contributed by atoms with van der Waals surface area (Å²) in [6.07, 6.45) is 0.751. The van der Waals surface area contributed by atoms with Gasteiger partial charge in [-0.25, -0.2) is 4.79 Å². The third kappa shape index (κ3) is 6.50. The lowest BCUT2D eigenvalue weighted by Gasteiger charge is -2.29. The van der Waals surface area contributed by atoms with E-state index in [1.54, 1.807) is 47.4 Å². The highest BCUT2D eigenvalue weighted by molar-refractivity contribution is 7.87. The first kappa shape index (κ1) is 22.2. The minimum atomic E-state index is -3.62. The Hall–Kier alpha value is -3.05. The first-order valence-corrected chi connectivity index (χ1v) is 10.9. The van der Waals surface area contributed by atoms with Crippen molar-refractivity contribution in [1.82, 2.24) is 4.90 Å². The Kier molecular flexibility index (Phi) is 7.62. The van der Waals surface area contributed by atoms with Crippen molar-refractivity contribution in [3.63, 3.8) is 0 Å². The fraction of sp³-hybridized carbons (Fsp3) is 0.333. The van der Waals surface area contributed by atoms with Gasteiger partial charge in [0.1, 0.15) is 5.75 Å². The molecule has 29 heavy (non-hydrogen) atoms. The number of hydrogen-bond donors (Lipinski definition) is 1. The molecule has 2 aromatic rings. The number of amides is 2. The zero-order valence-electron chi connectivity index (χ0n) is 16.8. The van der Waals surface area contributed by atoms with Crippen LogP contribution in [0.25, 0.3) is 0 Å². The van der Waals surface area contributed by atoms with Crippen LogP contribution in [0.3, 0.4) is 0 Å². The second-order valence-electron chi connectivity index (χ2n) is 6.58. The van der Waals surface area contributed by atoms with Crippen LogP contribution in [0, 0.1) is 11.3 Å². The lowest BCUT2D eigenvalue weighted by Crippen LogP contribution is -2.40. The molecule has 2 rings (SSSR count). The van der Waals surface area contributed by atoms with Crippen molar-refractivity contribution < 1.29 is 17.4 Å². The quantitative estimate of drug-likeness (QED) is 0.654. The van der Waals surface area contributed by atoms with E-state index in [0.29, 0.717) is 17.8 Å². The molecule has 1 atom stereocenters. The Balaban J connectivity index is 2.18. The van der Waals surface area contributed by atoms with Crippen LogP contribution in [0.4, 0.5) is 10.5 Å². The van der Waals surface area contributed by atoms with Gasteiger partial charge >= 0.3 is 16.1 Å². The number of hydrogen-bond acceptors (Lipinski definition) is 5. The second kappa shape index (κ2) is 9.94. The Morgan fingerprint density at radius 1 is 1.21 bits per heavy atom. The lowest BCUT2D eigenvalue weighted by atomic mass is 10.1. The molecular formula is C21H25N3O4S. The van der Waals surface area contributed by atoms with Crippen LogP contribution in [0.2, 0.25) is 0 Å². The fourth-order valence-electron chi connectivity index (χ4n) is 2.57. The van der Waals surface area contributed by atoms with Gasteiger partial charge in [0.2, 0.25) is 0 Å². The maximum Gasteiger partial charge on any atom is 0.322 e. The SMILES string of the molecule is CCC(C)N(Cc1cccc(OS(=O)(=O)CC)c1)C(=O)Nc1ccc(C#N)cc1. The zero-order chi connectivity index (χ0) is 21.4. The topological polar surface area (TPSA) is 99.5 Å². The number of benzene rings is 2. The molecule has 1 unspecified atom stereocenters. The number of nitriles is 1. The smallest absolute Gasteiger partial charge is 0.322 e. The van der Waals surface area contributed by atoms with Gasteiger partial charge in [-0.3, -0.25) is 0 Å². The van der Waals surface area contributed by atoms with Gasteiger partial charge in [0.05, 0.1) is 17.4 Å². The number of nitrogens with zero attached hydrogens (tertiary/aromatic N) is 2. The monoisotopic (exact) mass is 415 g/mol.